The van der Waals surface area contributed by atoms with Crippen LogP contribution in [0, 0.1) is 11.3 Å². The van der Waals surface area contributed by atoms with E-state index >= 15 is 0 Å². The fourth-order valence-electron chi connectivity index (χ4n) is 2.83. The summed E-state index contributed by atoms with van der Waals surface area (Å²) in [5.41, 5.74) is 2.12. The lowest BCUT2D eigenvalue weighted by Crippen LogP contribution is -2.10. The molecule has 0 aliphatic carbocycles. The zero-order valence-electron chi connectivity index (χ0n) is 13.7. The Morgan fingerprint density at radius 2 is 1.92 bits per heavy atom. The van der Waals surface area contributed by atoms with Crippen molar-refractivity contribution >= 4 is 22.5 Å². The van der Waals surface area contributed by atoms with Crippen molar-refractivity contribution in [3.05, 3.63) is 68.5 Å². The summed E-state index contributed by atoms with van der Waals surface area (Å²) in [6.45, 7) is 0. The molecule has 25 heavy (non-hydrogen) atoms. The molecule has 1 heterocycles. The first-order valence-electron chi connectivity index (χ1n) is 7.52. The van der Waals surface area contributed by atoms with E-state index < -0.39 is 0 Å². The minimum Gasteiger partial charge on any atom is -0.493 e. The lowest BCUT2D eigenvalue weighted by molar-refractivity contribution is 0.353. The number of benzene rings is 2. The molecule has 0 saturated heterocycles. The summed E-state index contributed by atoms with van der Waals surface area (Å²) in [6.07, 6.45) is 1.93. The van der Waals surface area contributed by atoms with Crippen LogP contribution in [0.5, 0.6) is 11.5 Å². The summed E-state index contributed by atoms with van der Waals surface area (Å²) in [4.78, 5) is 15.6. The van der Waals surface area contributed by atoms with Gasteiger partial charge in [0.05, 0.1) is 25.1 Å². The number of H-pyrrole nitrogens is 1. The maximum absolute atomic E-state index is 12.5. The van der Waals surface area contributed by atoms with Gasteiger partial charge in [0.1, 0.15) is 11.6 Å². The second-order valence-electron chi connectivity index (χ2n) is 5.46. The zero-order chi connectivity index (χ0) is 18.0. The van der Waals surface area contributed by atoms with Gasteiger partial charge in [0.15, 0.2) is 11.5 Å². The highest BCUT2D eigenvalue weighted by Gasteiger charge is 2.18. The predicted octanol–water partition coefficient (Wildman–Crippen LogP) is 3.66. The second-order valence-corrected chi connectivity index (χ2v) is 5.90. The highest BCUT2D eigenvalue weighted by molar-refractivity contribution is 6.30. The van der Waals surface area contributed by atoms with Gasteiger partial charge >= 0.3 is 0 Å². The average molecular weight is 355 g/mol. The smallest absolute Gasteiger partial charge is 0.207 e. The molecule has 2 aromatic carbocycles. The van der Waals surface area contributed by atoms with E-state index in [4.69, 9.17) is 26.3 Å². The van der Waals surface area contributed by atoms with Gasteiger partial charge in [-0.15, -0.1) is 0 Å². The van der Waals surface area contributed by atoms with Crippen LogP contribution in [0.4, 0.5) is 0 Å². The van der Waals surface area contributed by atoms with Crippen molar-refractivity contribution in [3.8, 4) is 17.6 Å². The number of ether oxygens (including phenoxy) is 2. The lowest BCUT2D eigenvalue weighted by atomic mass is 9.99. The molecule has 5 nitrogen and oxygen atoms in total. The Kier molecular flexibility index (Phi) is 4.64. The average Bonchev–Trinajstić information content (AvgIpc) is 2.63. The maximum Gasteiger partial charge on any atom is 0.207 e. The summed E-state index contributed by atoms with van der Waals surface area (Å²) < 4.78 is 10.9. The summed E-state index contributed by atoms with van der Waals surface area (Å²) in [5, 5.41) is 10.1. The molecule has 0 aliphatic heterocycles. The fraction of sp³-hybridized carbons (Fsp3) is 0.158. The Morgan fingerprint density at radius 1 is 1.20 bits per heavy atom. The number of rotatable bonds is 4. The van der Waals surface area contributed by atoms with Crippen molar-refractivity contribution in [1.82, 2.24) is 4.98 Å². The van der Waals surface area contributed by atoms with E-state index in [0.717, 1.165) is 11.1 Å². The first-order valence-corrected chi connectivity index (χ1v) is 7.90. The van der Waals surface area contributed by atoms with Gasteiger partial charge in [0.2, 0.25) is 5.43 Å². The number of fused-ring (bicyclic) bond motifs is 1. The molecule has 6 heteroatoms. The van der Waals surface area contributed by atoms with Gasteiger partial charge in [0.25, 0.3) is 0 Å². The number of halogens is 1. The molecule has 3 aromatic rings. The minimum atomic E-state index is -0.338. The Balaban J connectivity index is 2.30. The maximum atomic E-state index is 12.5. The molecule has 0 saturated carbocycles. The van der Waals surface area contributed by atoms with Crippen LogP contribution in [0.15, 0.2) is 41.3 Å². The SMILES string of the molecule is COc1cc2c(=O)c(C#N)c[nH]c2c(Cc2ccc(Cl)cc2)c1OC. The molecule has 126 valence electrons. The lowest BCUT2D eigenvalue weighted by Gasteiger charge is -2.16. The second kappa shape index (κ2) is 6.88. The summed E-state index contributed by atoms with van der Waals surface area (Å²) >= 11 is 5.95. The molecule has 1 N–H and O–H groups in total. The Labute approximate surface area is 149 Å². The van der Waals surface area contributed by atoms with Gasteiger partial charge in [0, 0.05) is 23.2 Å². The topological polar surface area (TPSA) is 75.1 Å². The molecule has 1 aromatic heterocycles. The first kappa shape index (κ1) is 16.9. The van der Waals surface area contributed by atoms with E-state index in [1.807, 2.05) is 30.3 Å². The van der Waals surface area contributed by atoms with E-state index in [1.165, 1.54) is 13.3 Å². The number of nitrogens with zero attached hydrogens (tertiary/aromatic N) is 1. The third-order valence-corrected chi connectivity index (χ3v) is 4.29. The van der Waals surface area contributed by atoms with Gasteiger partial charge < -0.3 is 14.5 Å². The number of pyridine rings is 1. The van der Waals surface area contributed by atoms with Crippen molar-refractivity contribution in [2.24, 2.45) is 0 Å². The van der Waals surface area contributed by atoms with Gasteiger partial charge in [-0.3, -0.25) is 4.79 Å². The third kappa shape index (κ3) is 3.04. The number of nitriles is 1. The highest BCUT2D eigenvalue weighted by Crippen LogP contribution is 2.37. The van der Waals surface area contributed by atoms with Crippen molar-refractivity contribution in [2.75, 3.05) is 14.2 Å². The third-order valence-electron chi connectivity index (χ3n) is 4.03. The molecule has 0 radical (unpaired) electrons. The van der Waals surface area contributed by atoms with Gasteiger partial charge in [-0.05, 0) is 23.8 Å². The first-order chi connectivity index (χ1) is 12.1. The molecule has 3 rings (SSSR count). The summed E-state index contributed by atoms with van der Waals surface area (Å²) in [5.74, 6) is 0.991. The summed E-state index contributed by atoms with van der Waals surface area (Å²) in [6, 6.07) is 10.9. The largest absolute Gasteiger partial charge is 0.493 e. The Morgan fingerprint density at radius 3 is 2.52 bits per heavy atom. The van der Waals surface area contributed by atoms with E-state index in [0.29, 0.717) is 33.8 Å². The predicted molar refractivity (Wildman–Crippen MR) is 96.6 cm³/mol. The molecule has 0 amide bonds. The highest BCUT2D eigenvalue weighted by atomic mass is 35.5. The van der Waals surface area contributed by atoms with Crippen LogP contribution in [0.3, 0.4) is 0 Å². The van der Waals surface area contributed by atoms with Crippen LogP contribution in [-0.2, 0) is 6.42 Å². The normalized spacial score (nSPS) is 10.5. The fourth-order valence-corrected chi connectivity index (χ4v) is 2.95. The van der Waals surface area contributed by atoms with Crippen molar-refractivity contribution < 1.29 is 9.47 Å². The minimum absolute atomic E-state index is 0.0529. The number of nitrogens with one attached hydrogen (secondary N) is 1. The molecule has 0 fully saturated rings. The van der Waals surface area contributed by atoms with E-state index in [9.17, 15) is 4.79 Å². The van der Waals surface area contributed by atoms with Crippen LogP contribution in [-0.4, -0.2) is 19.2 Å². The number of hydrogen-bond donors (Lipinski definition) is 1. The van der Waals surface area contributed by atoms with Gasteiger partial charge in [-0.2, -0.15) is 5.26 Å². The molecule has 0 bridgehead atoms. The van der Waals surface area contributed by atoms with Crippen LogP contribution < -0.4 is 14.9 Å². The van der Waals surface area contributed by atoms with Crippen LogP contribution in [0.2, 0.25) is 5.02 Å². The van der Waals surface area contributed by atoms with E-state index in [2.05, 4.69) is 4.98 Å². The van der Waals surface area contributed by atoms with E-state index in [1.54, 1.807) is 13.2 Å². The molecular weight excluding hydrogens is 340 g/mol. The number of aromatic amines is 1. The molecule has 0 atom stereocenters. The van der Waals surface area contributed by atoms with Crippen LogP contribution in [0.25, 0.3) is 10.9 Å². The number of hydrogen-bond acceptors (Lipinski definition) is 4. The Hall–Kier alpha value is -2.97. The Bertz CT molecular complexity index is 1030. The standard InChI is InChI=1S/C19H15ClN2O3/c1-24-16-8-14-17(22-10-12(9-21)18(14)23)15(19(16)25-2)7-11-3-5-13(20)6-4-11/h3-6,8,10H,7H2,1-2H3,(H,22,23). The van der Waals surface area contributed by atoms with Crippen molar-refractivity contribution in [3.63, 3.8) is 0 Å². The molecular formula is C19H15ClN2O3. The van der Waals surface area contributed by atoms with Crippen molar-refractivity contribution in [2.45, 2.75) is 6.42 Å². The number of aromatic nitrogens is 1. The van der Waals surface area contributed by atoms with Gasteiger partial charge in [-0.25, -0.2) is 0 Å². The summed E-state index contributed by atoms with van der Waals surface area (Å²) in [7, 11) is 3.06. The molecule has 0 unspecified atom stereocenters. The molecule has 0 aliphatic rings. The van der Waals surface area contributed by atoms with Gasteiger partial charge in [-0.1, -0.05) is 23.7 Å². The van der Waals surface area contributed by atoms with E-state index in [-0.39, 0.29) is 11.0 Å². The van der Waals surface area contributed by atoms with Crippen molar-refractivity contribution in [1.29, 1.82) is 5.26 Å². The molecule has 0 spiro atoms. The van der Waals surface area contributed by atoms with Crippen LogP contribution >= 0.6 is 11.6 Å². The number of methoxy groups -OCH3 is 2. The quantitative estimate of drug-likeness (QED) is 0.775. The monoisotopic (exact) mass is 354 g/mol. The van der Waals surface area contributed by atoms with Crippen LogP contribution in [0.1, 0.15) is 16.7 Å². The zero-order valence-corrected chi connectivity index (χ0v) is 14.5.